The molecule has 0 bridgehead atoms. The van der Waals surface area contributed by atoms with E-state index in [-0.39, 0.29) is 19.3 Å². The van der Waals surface area contributed by atoms with Gasteiger partial charge in [0.1, 0.15) is 0 Å². The zero-order valence-electron chi connectivity index (χ0n) is 8.52. The summed E-state index contributed by atoms with van der Waals surface area (Å²) in [5.41, 5.74) is 1.01. The van der Waals surface area contributed by atoms with Gasteiger partial charge in [0, 0.05) is 17.8 Å². The second kappa shape index (κ2) is 5.03. The first kappa shape index (κ1) is 11.0. The van der Waals surface area contributed by atoms with E-state index in [0.29, 0.717) is 12.5 Å². The molecule has 0 radical (unpaired) electrons. The molecule has 1 aromatic rings. The van der Waals surface area contributed by atoms with Crippen molar-refractivity contribution >= 4 is 11.3 Å². The summed E-state index contributed by atoms with van der Waals surface area (Å²) < 4.78 is 0. The summed E-state index contributed by atoms with van der Waals surface area (Å²) in [6.45, 7) is 0.529. The van der Waals surface area contributed by atoms with Gasteiger partial charge >= 0.3 is 0 Å². The number of rotatable bonds is 6. The van der Waals surface area contributed by atoms with E-state index >= 15 is 0 Å². The Hall–Kier alpha value is -0.490. The third-order valence-electron chi connectivity index (χ3n) is 2.51. The largest absolute Gasteiger partial charge is 0.395 e. The fourth-order valence-electron chi connectivity index (χ4n) is 1.36. The first-order valence-electron chi connectivity index (χ1n) is 5.23. The molecule has 1 heterocycles. The molecule has 4 nitrogen and oxygen atoms in total. The molecule has 5 heteroatoms. The maximum atomic E-state index is 8.87. The normalized spacial score (nSPS) is 16.2. The molecule has 0 spiro atoms. The first-order chi connectivity index (χ1) is 7.33. The second-order valence-corrected chi connectivity index (χ2v) is 4.78. The van der Waals surface area contributed by atoms with Gasteiger partial charge in [-0.3, -0.25) is 0 Å². The maximum Gasteiger partial charge on any atom is 0.0959 e. The molecule has 0 amide bonds. The average Bonchev–Trinajstić information content (AvgIpc) is 3.01. The Morgan fingerprint density at radius 2 is 2.20 bits per heavy atom. The minimum Gasteiger partial charge on any atom is -0.395 e. The molecule has 1 fully saturated rings. The predicted octanol–water partition coefficient (Wildman–Crippen LogP) is 0.463. The summed E-state index contributed by atoms with van der Waals surface area (Å²) in [7, 11) is 0. The van der Waals surface area contributed by atoms with Crippen molar-refractivity contribution in [1.29, 1.82) is 0 Å². The van der Waals surface area contributed by atoms with Gasteiger partial charge in [-0.2, -0.15) is 0 Å². The van der Waals surface area contributed by atoms with Crippen molar-refractivity contribution in [2.75, 3.05) is 13.2 Å². The molecule has 1 aliphatic rings. The highest BCUT2D eigenvalue weighted by atomic mass is 32.1. The molecule has 1 saturated carbocycles. The van der Waals surface area contributed by atoms with E-state index in [1.165, 1.54) is 17.8 Å². The lowest BCUT2D eigenvalue weighted by atomic mass is 10.3. The van der Waals surface area contributed by atoms with E-state index in [2.05, 4.69) is 10.3 Å². The zero-order valence-corrected chi connectivity index (χ0v) is 9.33. The van der Waals surface area contributed by atoms with E-state index in [1.54, 1.807) is 11.3 Å². The number of aliphatic hydroxyl groups excluding tert-OH is 2. The Kier molecular flexibility index (Phi) is 3.69. The molecule has 0 unspecified atom stereocenters. The van der Waals surface area contributed by atoms with Crippen molar-refractivity contribution in [3.05, 3.63) is 16.1 Å². The summed E-state index contributed by atoms with van der Waals surface area (Å²) in [6, 6.07) is -0.240. The van der Waals surface area contributed by atoms with Crippen LogP contribution in [-0.2, 0) is 6.54 Å². The number of nitrogens with zero attached hydrogens (tertiary/aromatic N) is 1. The number of nitrogens with one attached hydrogen (secondary N) is 1. The molecule has 0 aliphatic heterocycles. The topological polar surface area (TPSA) is 65.4 Å². The molecule has 15 heavy (non-hydrogen) atoms. The quantitative estimate of drug-likeness (QED) is 0.662. The molecule has 84 valence electrons. The third kappa shape index (κ3) is 2.98. The summed E-state index contributed by atoms with van der Waals surface area (Å²) in [4.78, 5) is 4.51. The highest BCUT2D eigenvalue weighted by Gasteiger charge is 2.26. The average molecular weight is 228 g/mol. The van der Waals surface area contributed by atoms with Crippen LogP contribution in [0.15, 0.2) is 5.38 Å². The van der Waals surface area contributed by atoms with Crippen molar-refractivity contribution < 1.29 is 10.2 Å². The number of thiazole rings is 1. The van der Waals surface area contributed by atoms with E-state index in [9.17, 15) is 0 Å². The van der Waals surface area contributed by atoms with E-state index in [0.717, 1.165) is 5.69 Å². The highest BCUT2D eigenvalue weighted by molar-refractivity contribution is 7.09. The van der Waals surface area contributed by atoms with Crippen molar-refractivity contribution in [2.24, 2.45) is 0 Å². The van der Waals surface area contributed by atoms with E-state index < -0.39 is 0 Å². The SMILES string of the molecule is OCC(CO)NCc1csc(C2CC2)n1. The molecule has 1 aromatic heterocycles. The lowest BCUT2D eigenvalue weighted by Gasteiger charge is -2.11. The van der Waals surface area contributed by atoms with Crippen LogP contribution in [0.25, 0.3) is 0 Å². The Labute approximate surface area is 93.0 Å². The lowest BCUT2D eigenvalue weighted by molar-refractivity contribution is 0.170. The molecular weight excluding hydrogens is 212 g/mol. The van der Waals surface area contributed by atoms with Crippen LogP contribution < -0.4 is 5.32 Å². The van der Waals surface area contributed by atoms with Crippen molar-refractivity contribution in [3.8, 4) is 0 Å². The van der Waals surface area contributed by atoms with Gasteiger partial charge in [0.25, 0.3) is 0 Å². The van der Waals surface area contributed by atoms with Crippen LogP contribution in [0.4, 0.5) is 0 Å². The molecule has 2 rings (SSSR count). The smallest absolute Gasteiger partial charge is 0.0959 e. The summed E-state index contributed by atoms with van der Waals surface area (Å²) >= 11 is 1.71. The highest BCUT2D eigenvalue weighted by Crippen LogP contribution is 2.41. The second-order valence-electron chi connectivity index (χ2n) is 3.89. The van der Waals surface area contributed by atoms with Crippen LogP contribution in [-0.4, -0.2) is 34.5 Å². The van der Waals surface area contributed by atoms with Gasteiger partial charge in [0.15, 0.2) is 0 Å². The molecule has 0 atom stereocenters. The Morgan fingerprint density at radius 1 is 1.47 bits per heavy atom. The van der Waals surface area contributed by atoms with Crippen LogP contribution in [0.2, 0.25) is 0 Å². The van der Waals surface area contributed by atoms with Crippen molar-refractivity contribution in [3.63, 3.8) is 0 Å². The van der Waals surface area contributed by atoms with Gasteiger partial charge in [0.2, 0.25) is 0 Å². The van der Waals surface area contributed by atoms with Crippen LogP contribution in [0.5, 0.6) is 0 Å². The monoisotopic (exact) mass is 228 g/mol. The van der Waals surface area contributed by atoms with Gasteiger partial charge in [-0.15, -0.1) is 11.3 Å². The molecule has 1 aliphatic carbocycles. The van der Waals surface area contributed by atoms with Crippen molar-refractivity contribution in [1.82, 2.24) is 10.3 Å². The summed E-state index contributed by atoms with van der Waals surface area (Å²) in [5.74, 6) is 0.704. The Bertz CT molecular complexity index is 308. The molecular formula is C10H16N2O2S. The summed E-state index contributed by atoms with van der Waals surface area (Å²) in [6.07, 6.45) is 2.55. The number of hydrogen-bond acceptors (Lipinski definition) is 5. The fraction of sp³-hybridized carbons (Fsp3) is 0.700. The minimum absolute atomic E-state index is 0.0455. The third-order valence-corrected chi connectivity index (χ3v) is 3.56. The number of aromatic nitrogens is 1. The summed E-state index contributed by atoms with van der Waals surface area (Å²) in [5, 5.41) is 24.1. The van der Waals surface area contributed by atoms with Crippen LogP contribution in [0.1, 0.15) is 29.5 Å². The van der Waals surface area contributed by atoms with Crippen LogP contribution in [0.3, 0.4) is 0 Å². The minimum atomic E-state index is -0.240. The molecule has 0 aromatic carbocycles. The van der Waals surface area contributed by atoms with Gasteiger partial charge in [-0.05, 0) is 12.8 Å². The van der Waals surface area contributed by atoms with Gasteiger partial charge < -0.3 is 15.5 Å². The lowest BCUT2D eigenvalue weighted by Crippen LogP contribution is -2.35. The Balaban J connectivity index is 1.82. The number of aliphatic hydroxyl groups is 2. The van der Waals surface area contributed by atoms with Crippen molar-refractivity contribution in [2.45, 2.75) is 31.3 Å². The van der Waals surface area contributed by atoms with Gasteiger partial charge in [-0.1, -0.05) is 0 Å². The fourth-order valence-corrected chi connectivity index (χ4v) is 2.35. The maximum absolute atomic E-state index is 8.87. The standard InChI is InChI=1S/C10H16N2O2S/c13-4-9(5-14)11-3-8-6-15-10(12-8)7-1-2-7/h6-7,9,11,13-14H,1-5H2. The van der Waals surface area contributed by atoms with E-state index in [1.807, 2.05) is 5.38 Å². The molecule has 3 N–H and O–H groups in total. The predicted molar refractivity (Wildman–Crippen MR) is 58.9 cm³/mol. The first-order valence-corrected chi connectivity index (χ1v) is 6.11. The van der Waals surface area contributed by atoms with Gasteiger partial charge in [-0.25, -0.2) is 4.98 Å². The van der Waals surface area contributed by atoms with Crippen LogP contribution in [0, 0.1) is 0 Å². The van der Waals surface area contributed by atoms with Gasteiger partial charge in [0.05, 0.1) is 30.0 Å². The van der Waals surface area contributed by atoms with Crippen LogP contribution >= 0.6 is 11.3 Å². The Morgan fingerprint density at radius 3 is 2.80 bits per heavy atom. The van der Waals surface area contributed by atoms with E-state index in [4.69, 9.17) is 10.2 Å². The zero-order chi connectivity index (χ0) is 10.7. The molecule has 0 saturated heterocycles. The number of hydrogen-bond donors (Lipinski definition) is 3.